The van der Waals surface area contributed by atoms with E-state index in [1.807, 2.05) is 50.1 Å². The number of aromatic nitrogens is 1. The van der Waals surface area contributed by atoms with Crippen molar-refractivity contribution < 1.29 is 14.3 Å². The van der Waals surface area contributed by atoms with Crippen LogP contribution in [0.1, 0.15) is 31.5 Å². The maximum atomic E-state index is 13.2. The van der Waals surface area contributed by atoms with Gasteiger partial charge in [-0.05, 0) is 27.7 Å². The van der Waals surface area contributed by atoms with Crippen LogP contribution in [0, 0.1) is 18.8 Å². The topological polar surface area (TPSA) is 62.7 Å². The summed E-state index contributed by atoms with van der Waals surface area (Å²) in [5.41, 5.74) is -0.0528. The van der Waals surface area contributed by atoms with E-state index in [0.717, 1.165) is 10.7 Å². The molecule has 1 aromatic rings. The summed E-state index contributed by atoms with van der Waals surface area (Å²) in [6.45, 7) is 8.98. The molecule has 4 rings (SSSR count). The second kappa shape index (κ2) is 5.63. The molecule has 2 saturated heterocycles. The van der Waals surface area contributed by atoms with Crippen LogP contribution in [0.3, 0.4) is 0 Å². The molecule has 4 heterocycles. The number of likely N-dealkylation sites (tertiary alicyclic amines) is 1. The average Bonchev–Trinajstić information content (AvgIpc) is 3.27. The molecule has 0 saturated carbocycles. The van der Waals surface area contributed by atoms with Gasteiger partial charge >= 0.3 is 0 Å². The summed E-state index contributed by atoms with van der Waals surface area (Å²) in [6, 6.07) is 0. The maximum absolute atomic E-state index is 13.2. The van der Waals surface area contributed by atoms with Gasteiger partial charge in [0.15, 0.2) is 0 Å². The van der Waals surface area contributed by atoms with Gasteiger partial charge in [-0.2, -0.15) is 0 Å². The number of rotatable bonds is 3. The molecule has 0 N–H and O–H groups in total. The van der Waals surface area contributed by atoms with Gasteiger partial charge in [-0.15, -0.1) is 11.3 Å². The highest BCUT2D eigenvalue weighted by Crippen LogP contribution is 2.53. The molecule has 1 spiro atoms. The number of amides is 2. The van der Waals surface area contributed by atoms with Crippen LogP contribution in [-0.2, 0) is 20.9 Å². The van der Waals surface area contributed by atoms with E-state index < -0.39 is 17.4 Å². The Labute approximate surface area is 157 Å². The number of hydrogen-bond acceptors (Lipinski definition) is 5. The third kappa shape index (κ3) is 2.52. The minimum absolute atomic E-state index is 0.0283. The van der Waals surface area contributed by atoms with Crippen LogP contribution in [0.5, 0.6) is 0 Å². The Kier molecular flexibility index (Phi) is 3.83. The van der Waals surface area contributed by atoms with Crippen LogP contribution in [0.4, 0.5) is 0 Å². The molecule has 26 heavy (non-hydrogen) atoms. The molecule has 4 atom stereocenters. The molecular weight excluding hydrogens is 350 g/mol. The van der Waals surface area contributed by atoms with Crippen LogP contribution in [-0.4, -0.2) is 57.4 Å². The molecular formula is C19H25N3O3S. The van der Waals surface area contributed by atoms with E-state index in [9.17, 15) is 9.59 Å². The van der Waals surface area contributed by atoms with Gasteiger partial charge in [0.1, 0.15) is 5.60 Å². The third-order valence-electron chi connectivity index (χ3n) is 5.64. The second-order valence-corrected chi connectivity index (χ2v) is 9.61. The van der Waals surface area contributed by atoms with Crippen molar-refractivity contribution in [3.63, 3.8) is 0 Å². The van der Waals surface area contributed by atoms with Crippen LogP contribution in [0.25, 0.3) is 0 Å². The average molecular weight is 375 g/mol. The molecule has 1 aromatic heterocycles. The Hall–Kier alpha value is -1.73. The van der Waals surface area contributed by atoms with Gasteiger partial charge in [-0.25, -0.2) is 4.98 Å². The smallest absolute Gasteiger partial charge is 0.230 e. The normalized spacial score (nSPS) is 32.4. The van der Waals surface area contributed by atoms with Gasteiger partial charge in [0.2, 0.25) is 11.8 Å². The lowest BCUT2D eigenvalue weighted by atomic mass is 9.76. The van der Waals surface area contributed by atoms with Crippen LogP contribution >= 0.6 is 11.3 Å². The predicted molar refractivity (Wildman–Crippen MR) is 98.5 cm³/mol. The van der Waals surface area contributed by atoms with E-state index in [1.54, 1.807) is 23.3 Å². The third-order valence-corrected chi connectivity index (χ3v) is 6.46. The molecule has 2 fully saturated rings. The lowest BCUT2D eigenvalue weighted by molar-refractivity contribution is -0.144. The molecule has 6 nitrogen and oxygen atoms in total. The van der Waals surface area contributed by atoms with Crippen molar-refractivity contribution >= 4 is 23.2 Å². The molecule has 7 heteroatoms. The van der Waals surface area contributed by atoms with Crippen molar-refractivity contribution in [1.29, 1.82) is 0 Å². The molecule has 3 aliphatic rings. The number of thiazole rings is 1. The summed E-state index contributed by atoms with van der Waals surface area (Å²) in [5.74, 6) is -0.894. The van der Waals surface area contributed by atoms with Gasteiger partial charge in [-0.3, -0.25) is 9.59 Å². The van der Waals surface area contributed by atoms with E-state index in [-0.39, 0.29) is 23.5 Å². The molecule has 0 aliphatic carbocycles. The predicted octanol–water partition coefficient (Wildman–Crippen LogP) is 1.99. The van der Waals surface area contributed by atoms with E-state index in [0.29, 0.717) is 13.1 Å². The minimum atomic E-state index is -0.645. The SMILES string of the molecule is Cc1nc(CN(C)C(=O)[C@@H]2[C@@H]3C=C[C@@]4(CN(C(C)(C)C)C(=O)[C@H]24)O3)cs1. The monoisotopic (exact) mass is 375 g/mol. The maximum Gasteiger partial charge on any atom is 0.230 e. The number of carbonyl (C=O) groups excluding carboxylic acids is 2. The van der Waals surface area contributed by atoms with Crippen molar-refractivity contribution in [3.8, 4) is 0 Å². The summed E-state index contributed by atoms with van der Waals surface area (Å²) in [7, 11) is 1.78. The molecule has 0 radical (unpaired) electrons. The number of carbonyl (C=O) groups is 2. The number of nitrogens with zero attached hydrogens (tertiary/aromatic N) is 3. The summed E-state index contributed by atoms with van der Waals surface area (Å²) < 4.78 is 6.18. The zero-order valence-corrected chi connectivity index (χ0v) is 16.7. The van der Waals surface area contributed by atoms with Crippen molar-refractivity contribution in [2.75, 3.05) is 13.6 Å². The fourth-order valence-electron chi connectivity index (χ4n) is 4.40. The molecule has 2 bridgehead atoms. The van der Waals surface area contributed by atoms with Gasteiger partial charge in [-0.1, -0.05) is 12.2 Å². The molecule has 140 valence electrons. The van der Waals surface area contributed by atoms with Gasteiger partial charge in [0.05, 0.1) is 41.7 Å². The standard InChI is InChI=1S/C19H25N3O3S/c1-11-20-12(9-26-11)8-21(5)16(23)14-13-6-7-19(25-13)10-22(18(2,3)4)17(24)15(14)19/h6-7,9,13-15H,8,10H2,1-5H3/t13-,14+,15-,19-/m0/s1. The molecule has 3 aliphatic heterocycles. The van der Waals surface area contributed by atoms with Gasteiger partial charge in [0.25, 0.3) is 0 Å². The van der Waals surface area contributed by atoms with E-state index >= 15 is 0 Å². The summed E-state index contributed by atoms with van der Waals surface area (Å²) in [4.78, 5) is 34.3. The number of fused-ring (bicyclic) bond motifs is 1. The number of ether oxygens (including phenoxy) is 1. The highest BCUT2D eigenvalue weighted by Gasteiger charge is 2.68. The summed E-state index contributed by atoms with van der Waals surface area (Å²) in [5, 5.41) is 2.96. The first-order chi connectivity index (χ1) is 12.1. The van der Waals surface area contributed by atoms with E-state index in [4.69, 9.17) is 4.74 Å². The zero-order chi connectivity index (χ0) is 18.9. The number of hydrogen-bond donors (Lipinski definition) is 0. The van der Waals surface area contributed by atoms with Crippen molar-refractivity contribution in [1.82, 2.24) is 14.8 Å². The Morgan fingerprint density at radius 3 is 2.85 bits per heavy atom. The number of aryl methyl sites for hydroxylation is 1. The van der Waals surface area contributed by atoms with Crippen molar-refractivity contribution in [3.05, 3.63) is 28.2 Å². The first-order valence-electron chi connectivity index (χ1n) is 8.97. The lowest BCUT2D eigenvalue weighted by Crippen LogP contribution is -2.47. The zero-order valence-electron chi connectivity index (χ0n) is 15.9. The Balaban J connectivity index is 1.58. The molecule has 0 aromatic carbocycles. The van der Waals surface area contributed by atoms with Crippen molar-refractivity contribution in [2.45, 2.75) is 51.5 Å². The molecule has 0 unspecified atom stereocenters. The lowest BCUT2D eigenvalue weighted by Gasteiger charge is -2.34. The van der Waals surface area contributed by atoms with E-state index in [2.05, 4.69) is 4.98 Å². The van der Waals surface area contributed by atoms with E-state index in [1.165, 1.54) is 0 Å². The second-order valence-electron chi connectivity index (χ2n) is 8.55. The van der Waals surface area contributed by atoms with Crippen LogP contribution in [0.2, 0.25) is 0 Å². The first kappa shape index (κ1) is 17.7. The Morgan fingerprint density at radius 2 is 2.23 bits per heavy atom. The Bertz CT molecular complexity index is 796. The summed E-state index contributed by atoms with van der Waals surface area (Å²) >= 11 is 1.57. The largest absolute Gasteiger partial charge is 0.360 e. The first-order valence-corrected chi connectivity index (χ1v) is 9.85. The van der Waals surface area contributed by atoms with Gasteiger partial charge < -0.3 is 14.5 Å². The fraction of sp³-hybridized carbons (Fsp3) is 0.632. The van der Waals surface area contributed by atoms with Crippen molar-refractivity contribution in [2.24, 2.45) is 11.8 Å². The highest BCUT2D eigenvalue weighted by molar-refractivity contribution is 7.09. The van der Waals surface area contributed by atoms with Crippen LogP contribution in [0.15, 0.2) is 17.5 Å². The highest BCUT2D eigenvalue weighted by atomic mass is 32.1. The van der Waals surface area contributed by atoms with Crippen LogP contribution < -0.4 is 0 Å². The molecule has 2 amide bonds. The Morgan fingerprint density at radius 1 is 1.50 bits per heavy atom. The summed E-state index contributed by atoms with van der Waals surface area (Å²) in [6.07, 6.45) is 3.65. The fourth-order valence-corrected chi connectivity index (χ4v) is 5.01. The minimum Gasteiger partial charge on any atom is -0.360 e. The van der Waals surface area contributed by atoms with Gasteiger partial charge in [0, 0.05) is 18.0 Å². The quantitative estimate of drug-likeness (QED) is 0.758.